The fourth-order valence-electron chi connectivity index (χ4n) is 0.840. The lowest BCUT2D eigenvalue weighted by Crippen LogP contribution is -2.11. The molecule has 0 aliphatic rings. The molecule has 0 bridgehead atoms. The van der Waals surface area contributed by atoms with Crippen LogP contribution in [0.5, 0.6) is 0 Å². The standard InChI is InChI=1S/C7H12N4O2/c1-4(2)8-7-9-5(10-11-7)3-6(12)13/h4H,3H2,1-2H3,(H,12,13)(H2,8,9,10,11). The van der Waals surface area contributed by atoms with Crippen molar-refractivity contribution in [2.75, 3.05) is 5.32 Å². The minimum Gasteiger partial charge on any atom is -0.481 e. The summed E-state index contributed by atoms with van der Waals surface area (Å²) in [6.45, 7) is 3.90. The average Bonchev–Trinajstić information content (AvgIpc) is 2.33. The van der Waals surface area contributed by atoms with E-state index in [0.717, 1.165) is 0 Å². The van der Waals surface area contributed by atoms with E-state index in [9.17, 15) is 4.79 Å². The van der Waals surface area contributed by atoms with E-state index in [1.165, 1.54) is 0 Å². The third kappa shape index (κ3) is 3.10. The summed E-state index contributed by atoms with van der Waals surface area (Å²) in [7, 11) is 0. The van der Waals surface area contributed by atoms with E-state index in [2.05, 4.69) is 20.5 Å². The highest BCUT2D eigenvalue weighted by Gasteiger charge is 2.06. The largest absolute Gasteiger partial charge is 0.481 e. The minimum absolute atomic E-state index is 0.132. The van der Waals surface area contributed by atoms with E-state index in [-0.39, 0.29) is 12.5 Å². The van der Waals surface area contributed by atoms with Crippen molar-refractivity contribution < 1.29 is 9.90 Å². The molecule has 1 aromatic rings. The molecule has 0 saturated heterocycles. The van der Waals surface area contributed by atoms with Crippen molar-refractivity contribution in [3.05, 3.63) is 5.82 Å². The van der Waals surface area contributed by atoms with E-state index < -0.39 is 5.97 Å². The van der Waals surface area contributed by atoms with E-state index in [1.807, 2.05) is 13.8 Å². The zero-order chi connectivity index (χ0) is 9.84. The van der Waals surface area contributed by atoms with Crippen LogP contribution in [0.4, 0.5) is 5.95 Å². The summed E-state index contributed by atoms with van der Waals surface area (Å²) in [4.78, 5) is 14.2. The number of nitrogens with one attached hydrogen (secondary N) is 2. The highest BCUT2D eigenvalue weighted by Crippen LogP contribution is 2.00. The molecule has 72 valence electrons. The molecule has 0 unspecified atom stereocenters. The first kappa shape index (κ1) is 9.50. The molecule has 0 atom stereocenters. The van der Waals surface area contributed by atoms with Crippen molar-refractivity contribution >= 4 is 11.9 Å². The number of carboxylic acids is 1. The molecule has 0 aliphatic heterocycles. The van der Waals surface area contributed by atoms with Gasteiger partial charge in [0.15, 0.2) is 0 Å². The van der Waals surface area contributed by atoms with Gasteiger partial charge in [-0.05, 0) is 13.8 Å². The quantitative estimate of drug-likeness (QED) is 0.624. The monoisotopic (exact) mass is 184 g/mol. The van der Waals surface area contributed by atoms with Crippen LogP contribution in [0.25, 0.3) is 0 Å². The number of aliphatic carboxylic acids is 1. The van der Waals surface area contributed by atoms with E-state index in [1.54, 1.807) is 0 Å². The van der Waals surface area contributed by atoms with Gasteiger partial charge in [-0.25, -0.2) is 0 Å². The Morgan fingerprint density at radius 2 is 2.38 bits per heavy atom. The van der Waals surface area contributed by atoms with Gasteiger partial charge in [-0.2, -0.15) is 4.98 Å². The summed E-state index contributed by atoms with van der Waals surface area (Å²) in [6.07, 6.45) is -0.132. The van der Waals surface area contributed by atoms with Crippen molar-refractivity contribution in [2.24, 2.45) is 0 Å². The zero-order valence-electron chi connectivity index (χ0n) is 7.53. The zero-order valence-corrected chi connectivity index (χ0v) is 7.53. The lowest BCUT2D eigenvalue weighted by atomic mass is 10.4. The SMILES string of the molecule is CC(C)Nc1n[nH]c(CC(=O)O)n1. The number of aromatic nitrogens is 3. The van der Waals surface area contributed by atoms with Gasteiger partial charge in [-0.15, -0.1) is 5.10 Å². The van der Waals surface area contributed by atoms with Crippen molar-refractivity contribution in [2.45, 2.75) is 26.3 Å². The first-order chi connectivity index (χ1) is 6.08. The van der Waals surface area contributed by atoms with Gasteiger partial charge < -0.3 is 10.4 Å². The van der Waals surface area contributed by atoms with E-state index >= 15 is 0 Å². The summed E-state index contributed by atoms with van der Waals surface area (Å²) < 4.78 is 0. The van der Waals surface area contributed by atoms with Crippen molar-refractivity contribution in [3.63, 3.8) is 0 Å². The number of carboxylic acid groups (broad SMARTS) is 1. The van der Waals surface area contributed by atoms with Gasteiger partial charge in [-0.3, -0.25) is 9.89 Å². The first-order valence-corrected chi connectivity index (χ1v) is 3.97. The predicted molar refractivity (Wildman–Crippen MR) is 46.5 cm³/mol. The van der Waals surface area contributed by atoms with Crippen LogP contribution in [0, 0.1) is 0 Å². The Kier molecular flexibility index (Phi) is 2.84. The normalized spacial score (nSPS) is 10.4. The second kappa shape index (κ2) is 3.88. The molecule has 1 rings (SSSR count). The molecule has 0 amide bonds. The first-order valence-electron chi connectivity index (χ1n) is 3.97. The minimum atomic E-state index is -0.924. The fourth-order valence-corrected chi connectivity index (χ4v) is 0.840. The maximum atomic E-state index is 10.3. The number of aromatic amines is 1. The van der Waals surface area contributed by atoms with Crippen LogP contribution in [0.2, 0.25) is 0 Å². The second-order valence-electron chi connectivity index (χ2n) is 2.98. The number of hydrogen-bond donors (Lipinski definition) is 3. The number of nitrogens with zero attached hydrogens (tertiary/aromatic N) is 2. The Labute approximate surface area is 75.4 Å². The van der Waals surface area contributed by atoms with Crippen molar-refractivity contribution in [1.82, 2.24) is 15.2 Å². The maximum absolute atomic E-state index is 10.3. The average molecular weight is 184 g/mol. The van der Waals surface area contributed by atoms with Crippen LogP contribution in [0.15, 0.2) is 0 Å². The Morgan fingerprint density at radius 3 is 2.92 bits per heavy atom. The molecular weight excluding hydrogens is 172 g/mol. The number of H-pyrrole nitrogens is 1. The highest BCUT2D eigenvalue weighted by atomic mass is 16.4. The van der Waals surface area contributed by atoms with E-state index in [4.69, 9.17) is 5.11 Å². The Morgan fingerprint density at radius 1 is 1.69 bits per heavy atom. The van der Waals surface area contributed by atoms with Gasteiger partial charge in [0.2, 0.25) is 5.95 Å². The summed E-state index contributed by atoms with van der Waals surface area (Å²) in [5.41, 5.74) is 0. The summed E-state index contributed by atoms with van der Waals surface area (Å²) in [6, 6.07) is 0.230. The molecule has 0 fully saturated rings. The summed E-state index contributed by atoms with van der Waals surface area (Å²) in [5, 5.41) is 17.7. The maximum Gasteiger partial charge on any atom is 0.311 e. The molecule has 1 aromatic heterocycles. The van der Waals surface area contributed by atoms with Crippen LogP contribution < -0.4 is 5.32 Å². The van der Waals surface area contributed by atoms with Crippen LogP contribution in [-0.4, -0.2) is 32.3 Å². The van der Waals surface area contributed by atoms with Crippen molar-refractivity contribution in [1.29, 1.82) is 0 Å². The van der Waals surface area contributed by atoms with Gasteiger partial charge in [0, 0.05) is 6.04 Å². The van der Waals surface area contributed by atoms with Gasteiger partial charge in [0.1, 0.15) is 12.2 Å². The second-order valence-corrected chi connectivity index (χ2v) is 2.98. The van der Waals surface area contributed by atoms with E-state index in [0.29, 0.717) is 11.8 Å². The smallest absolute Gasteiger partial charge is 0.311 e. The number of rotatable bonds is 4. The van der Waals surface area contributed by atoms with Crippen molar-refractivity contribution in [3.8, 4) is 0 Å². The molecular formula is C7H12N4O2. The van der Waals surface area contributed by atoms with Crippen LogP contribution >= 0.6 is 0 Å². The number of carbonyl (C=O) groups is 1. The third-order valence-corrected chi connectivity index (χ3v) is 1.27. The van der Waals surface area contributed by atoms with Gasteiger partial charge in [-0.1, -0.05) is 0 Å². The predicted octanol–water partition coefficient (Wildman–Crippen LogP) is 0.252. The Bertz CT molecular complexity index is 294. The molecule has 0 aromatic carbocycles. The molecule has 0 aliphatic carbocycles. The molecule has 3 N–H and O–H groups in total. The topological polar surface area (TPSA) is 90.9 Å². The molecule has 13 heavy (non-hydrogen) atoms. The molecule has 6 nitrogen and oxygen atoms in total. The molecule has 0 radical (unpaired) electrons. The van der Waals surface area contributed by atoms with Gasteiger partial charge >= 0.3 is 5.97 Å². The molecule has 0 spiro atoms. The number of anilines is 1. The Balaban J connectivity index is 2.58. The summed E-state index contributed by atoms with van der Waals surface area (Å²) in [5.74, 6) is -0.130. The summed E-state index contributed by atoms with van der Waals surface area (Å²) >= 11 is 0. The lowest BCUT2D eigenvalue weighted by Gasteiger charge is -2.02. The van der Waals surface area contributed by atoms with Gasteiger partial charge in [0.25, 0.3) is 0 Å². The molecule has 6 heteroatoms. The molecule has 0 saturated carbocycles. The Hall–Kier alpha value is -1.59. The fraction of sp³-hybridized carbons (Fsp3) is 0.571. The van der Waals surface area contributed by atoms with Crippen LogP contribution in [-0.2, 0) is 11.2 Å². The van der Waals surface area contributed by atoms with Crippen LogP contribution in [0.3, 0.4) is 0 Å². The third-order valence-electron chi connectivity index (χ3n) is 1.27. The van der Waals surface area contributed by atoms with Crippen LogP contribution in [0.1, 0.15) is 19.7 Å². The lowest BCUT2D eigenvalue weighted by molar-refractivity contribution is -0.136. The molecule has 1 heterocycles. The highest BCUT2D eigenvalue weighted by molar-refractivity contribution is 5.69. The van der Waals surface area contributed by atoms with Gasteiger partial charge in [0.05, 0.1) is 0 Å². The number of hydrogen-bond acceptors (Lipinski definition) is 4.